The Balaban J connectivity index is 2.19. The molecule has 26 heavy (non-hydrogen) atoms. The smallest absolute Gasteiger partial charge is 0.347 e. The highest BCUT2D eigenvalue weighted by Crippen LogP contribution is 2.21. The van der Waals surface area contributed by atoms with Gasteiger partial charge < -0.3 is 9.84 Å². The van der Waals surface area contributed by atoms with E-state index < -0.39 is 11.6 Å². The number of carboxylic acid groups (broad SMARTS) is 1. The summed E-state index contributed by atoms with van der Waals surface area (Å²) in [6, 6.07) is 7.16. The maximum absolute atomic E-state index is 12.6. The molecule has 2 N–H and O–H groups in total. The van der Waals surface area contributed by atoms with Crippen molar-refractivity contribution in [3.63, 3.8) is 0 Å². The first-order chi connectivity index (χ1) is 12.2. The number of anilines is 1. The molecule has 0 aliphatic heterocycles. The molecule has 0 saturated carbocycles. The number of nitrogens with one attached hydrogen (secondary N) is 1. The summed E-state index contributed by atoms with van der Waals surface area (Å²) in [4.78, 5) is 27.5. The largest absolute Gasteiger partial charge is 0.477 e. The second-order valence-electron chi connectivity index (χ2n) is 6.48. The Kier molecular flexibility index (Phi) is 6.28. The van der Waals surface area contributed by atoms with Crippen molar-refractivity contribution >= 4 is 34.4 Å². The lowest BCUT2D eigenvalue weighted by Gasteiger charge is -2.24. The van der Waals surface area contributed by atoms with Crippen LogP contribution in [0.15, 0.2) is 36.5 Å². The van der Waals surface area contributed by atoms with Gasteiger partial charge >= 0.3 is 5.97 Å². The third-order valence-electron chi connectivity index (χ3n) is 3.35. The fourth-order valence-electron chi connectivity index (χ4n) is 2.38. The van der Waals surface area contributed by atoms with Crippen LogP contribution in [0.1, 0.15) is 53.3 Å². The highest BCUT2D eigenvalue weighted by molar-refractivity contribution is 7.17. The fourth-order valence-corrected chi connectivity index (χ4v) is 3.03. The van der Waals surface area contributed by atoms with E-state index in [2.05, 4.69) is 10.3 Å². The van der Waals surface area contributed by atoms with E-state index in [-0.39, 0.29) is 22.0 Å². The van der Waals surface area contributed by atoms with Crippen LogP contribution in [0.25, 0.3) is 6.08 Å². The van der Waals surface area contributed by atoms with Gasteiger partial charge in [-0.25, -0.2) is 9.78 Å². The molecule has 138 valence electrons. The number of amides is 1. The third-order valence-corrected chi connectivity index (χ3v) is 4.25. The number of benzene rings is 1. The number of ether oxygens (including phenoxy) is 1. The summed E-state index contributed by atoms with van der Waals surface area (Å²) in [6.45, 7) is 7.84. The van der Waals surface area contributed by atoms with E-state index in [0.717, 1.165) is 16.9 Å². The predicted octanol–water partition coefficient (Wildman–Crippen LogP) is 4.31. The number of hydrogen-bond acceptors (Lipinski definition) is 5. The van der Waals surface area contributed by atoms with Gasteiger partial charge in [-0.2, -0.15) is 0 Å². The summed E-state index contributed by atoms with van der Waals surface area (Å²) in [5.74, 6) is -1.42. The normalized spacial score (nSPS) is 11.9. The number of rotatable bonds is 7. The van der Waals surface area contributed by atoms with Gasteiger partial charge in [0.25, 0.3) is 5.91 Å². The SMILES string of the molecule is CC(C)OC(C)(C)/C=C\c1ccccc1C(=O)Nc1ncc(C(=O)O)s1. The maximum atomic E-state index is 12.6. The minimum atomic E-state index is -1.07. The van der Waals surface area contributed by atoms with Gasteiger partial charge in [0, 0.05) is 5.56 Å². The van der Waals surface area contributed by atoms with Gasteiger partial charge in [-0.15, -0.1) is 0 Å². The van der Waals surface area contributed by atoms with Crippen LogP contribution in [0.4, 0.5) is 5.13 Å². The summed E-state index contributed by atoms with van der Waals surface area (Å²) in [5.41, 5.74) is 0.736. The molecule has 0 aliphatic carbocycles. The molecular weight excluding hydrogens is 352 g/mol. The summed E-state index contributed by atoms with van der Waals surface area (Å²) >= 11 is 0.914. The minimum absolute atomic E-state index is 0.0704. The van der Waals surface area contributed by atoms with Crippen LogP contribution in [0, 0.1) is 0 Å². The highest BCUT2D eigenvalue weighted by atomic mass is 32.1. The molecule has 0 atom stereocenters. The van der Waals surface area contributed by atoms with Crippen molar-refractivity contribution in [2.75, 3.05) is 5.32 Å². The lowest BCUT2D eigenvalue weighted by molar-refractivity contribution is -0.0221. The molecule has 0 radical (unpaired) electrons. The molecule has 1 aromatic carbocycles. The van der Waals surface area contributed by atoms with Crippen molar-refractivity contribution in [2.45, 2.75) is 39.4 Å². The minimum Gasteiger partial charge on any atom is -0.477 e. The van der Waals surface area contributed by atoms with Crippen LogP contribution in [-0.2, 0) is 4.74 Å². The Labute approximate surface area is 156 Å². The van der Waals surface area contributed by atoms with Crippen LogP contribution in [-0.4, -0.2) is 33.7 Å². The summed E-state index contributed by atoms with van der Waals surface area (Å²) in [5, 5.41) is 11.8. The molecule has 0 unspecified atom stereocenters. The molecule has 1 heterocycles. The standard InChI is InChI=1S/C19H22N2O4S/c1-12(2)25-19(3,4)10-9-13-7-5-6-8-14(13)16(22)21-18-20-11-15(26-18)17(23)24/h5-12H,1-4H3,(H,23,24)(H,20,21,22)/b10-9-. The zero-order valence-corrected chi connectivity index (χ0v) is 16.0. The Morgan fingerprint density at radius 3 is 2.62 bits per heavy atom. The number of hydrogen-bond donors (Lipinski definition) is 2. The van der Waals surface area contributed by atoms with Crippen molar-refractivity contribution in [3.8, 4) is 0 Å². The molecule has 2 rings (SSSR count). The molecule has 6 nitrogen and oxygen atoms in total. The average Bonchev–Trinajstić information content (AvgIpc) is 3.01. The van der Waals surface area contributed by atoms with Crippen molar-refractivity contribution in [3.05, 3.63) is 52.5 Å². The second kappa shape index (κ2) is 8.25. The van der Waals surface area contributed by atoms with Gasteiger partial charge in [0.2, 0.25) is 0 Å². The van der Waals surface area contributed by atoms with E-state index in [1.54, 1.807) is 12.1 Å². The molecule has 0 spiro atoms. The molecule has 1 aromatic heterocycles. The van der Waals surface area contributed by atoms with Crippen molar-refractivity contribution in [1.82, 2.24) is 4.98 Å². The van der Waals surface area contributed by atoms with Gasteiger partial charge in [-0.3, -0.25) is 10.1 Å². The molecule has 0 aliphatic rings. The first-order valence-electron chi connectivity index (χ1n) is 8.14. The zero-order valence-electron chi connectivity index (χ0n) is 15.1. The summed E-state index contributed by atoms with van der Waals surface area (Å²) in [6.07, 6.45) is 5.06. The molecule has 0 saturated heterocycles. The monoisotopic (exact) mass is 374 g/mol. The third kappa shape index (κ3) is 5.50. The van der Waals surface area contributed by atoms with Gasteiger partial charge in [-0.05, 0) is 39.3 Å². The number of carbonyl (C=O) groups excluding carboxylic acids is 1. The van der Waals surface area contributed by atoms with E-state index in [4.69, 9.17) is 9.84 Å². The molecular formula is C19H22N2O4S. The number of carboxylic acids is 1. The van der Waals surface area contributed by atoms with E-state index >= 15 is 0 Å². The fraction of sp³-hybridized carbons (Fsp3) is 0.316. The summed E-state index contributed by atoms with van der Waals surface area (Å²) in [7, 11) is 0. The highest BCUT2D eigenvalue weighted by Gasteiger charge is 2.17. The first-order valence-corrected chi connectivity index (χ1v) is 8.96. The van der Waals surface area contributed by atoms with Crippen LogP contribution in [0.2, 0.25) is 0 Å². The average molecular weight is 374 g/mol. The van der Waals surface area contributed by atoms with Crippen molar-refractivity contribution in [2.24, 2.45) is 0 Å². The topological polar surface area (TPSA) is 88.5 Å². The second-order valence-corrected chi connectivity index (χ2v) is 7.51. The van der Waals surface area contributed by atoms with Crippen molar-refractivity contribution < 1.29 is 19.4 Å². The van der Waals surface area contributed by atoms with E-state index in [0.29, 0.717) is 5.56 Å². The van der Waals surface area contributed by atoms with Gasteiger partial charge in [0.05, 0.1) is 17.9 Å². The van der Waals surface area contributed by atoms with Crippen LogP contribution < -0.4 is 5.32 Å². The molecule has 0 fully saturated rings. The molecule has 7 heteroatoms. The van der Waals surface area contributed by atoms with Crippen LogP contribution >= 0.6 is 11.3 Å². The Morgan fingerprint density at radius 1 is 1.31 bits per heavy atom. The van der Waals surface area contributed by atoms with Gasteiger partial charge in [0.15, 0.2) is 5.13 Å². The van der Waals surface area contributed by atoms with E-state index in [1.165, 1.54) is 6.20 Å². The quantitative estimate of drug-likeness (QED) is 0.754. The number of nitrogens with zero attached hydrogens (tertiary/aromatic N) is 1. The number of thiazole rings is 1. The molecule has 2 aromatic rings. The maximum Gasteiger partial charge on any atom is 0.347 e. The Morgan fingerprint density at radius 2 is 2.00 bits per heavy atom. The van der Waals surface area contributed by atoms with Crippen molar-refractivity contribution in [1.29, 1.82) is 0 Å². The van der Waals surface area contributed by atoms with Gasteiger partial charge in [-0.1, -0.05) is 41.7 Å². The number of aromatic carboxylic acids is 1. The van der Waals surface area contributed by atoms with E-state index in [9.17, 15) is 9.59 Å². The van der Waals surface area contributed by atoms with E-state index in [1.807, 2.05) is 52.0 Å². The predicted molar refractivity (Wildman–Crippen MR) is 103 cm³/mol. The molecule has 0 bridgehead atoms. The number of aromatic nitrogens is 1. The molecule has 1 amide bonds. The zero-order chi connectivity index (χ0) is 19.3. The van der Waals surface area contributed by atoms with Gasteiger partial charge in [0.1, 0.15) is 4.88 Å². The van der Waals surface area contributed by atoms with Crippen LogP contribution in [0.3, 0.4) is 0 Å². The lowest BCUT2D eigenvalue weighted by Crippen LogP contribution is -2.25. The summed E-state index contributed by atoms with van der Waals surface area (Å²) < 4.78 is 5.83. The lowest BCUT2D eigenvalue weighted by atomic mass is 10.0. The Hall–Kier alpha value is -2.51. The number of carbonyl (C=O) groups is 2. The van der Waals surface area contributed by atoms with Crippen LogP contribution in [0.5, 0.6) is 0 Å². The first kappa shape index (κ1) is 19.8. The Bertz CT molecular complexity index is 824.